The summed E-state index contributed by atoms with van der Waals surface area (Å²) >= 11 is 0. The van der Waals surface area contributed by atoms with Crippen molar-refractivity contribution in [2.24, 2.45) is 5.92 Å². The first-order valence-corrected chi connectivity index (χ1v) is 8.73. The lowest BCUT2D eigenvalue weighted by atomic mass is 10.0. The molecule has 0 bridgehead atoms. The van der Waals surface area contributed by atoms with Gasteiger partial charge in [-0.3, -0.25) is 0 Å². The van der Waals surface area contributed by atoms with E-state index in [0.29, 0.717) is 18.2 Å². The number of nitrogens with one attached hydrogen (secondary N) is 1. The molecule has 1 atom stereocenters. The van der Waals surface area contributed by atoms with Gasteiger partial charge in [0.1, 0.15) is 4.90 Å². The van der Waals surface area contributed by atoms with Crippen LogP contribution >= 0.6 is 0 Å². The molecule has 0 aliphatic carbocycles. The van der Waals surface area contributed by atoms with Crippen LogP contribution in [0.1, 0.15) is 26.2 Å². The third-order valence-electron chi connectivity index (χ3n) is 3.46. The van der Waals surface area contributed by atoms with Crippen LogP contribution in [0.15, 0.2) is 29.2 Å². The van der Waals surface area contributed by atoms with Crippen LogP contribution in [0.2, 0.25) is 0 Å². The fraction of sp³-hybridized carbons (Fsp3) is 0.600. The molecule has 0 saturated carbocycles. The second-order valence-corrected chi connectivity index (χ2v) is 7.45. The van der Waals surface area contributed by atoms with Crippen molar-refractivity contribution < 1.29 is 13.5 Å². The summed E-state index contributed by atoms with van der Waals surface area (Å²) in [6.45, 7) is 2.92. The van der Waals surface area contributed by atoms with Gasteiger partial charge in [-0.25, -0.2) is 12.7 Å². The van der Waals surface area contributed by atoms with Crippen molar-refractivity contribution in [2.45, 2.75) is 31.1 Å². The smallest absolute Gasteiger partial charge is 0.244 e. The highest BCUT2D eigenvalue weighted by molar-refractivity contribution is 7.89. The van der Waals surface area contributed by atoms with E-state index in [-0.39, 0.29) is 11.5 Å². The van der Waals surface area contributed by atoms with Crippen LogP contribution in [0.3, 0.4) is 0 Å². The number of aliphatic hydroxyl groups excluding tert-OH is 1. The molecule has 0 saturated heterocycles. The summed E-state index contributed by atoms with van der Waals surface area (Å²) < 4.78 is 25.8. The topological polar surface area (TPSA) is 69.6 Å². The largest absolute Gasteiger partial charge is 0.396 e. The number of nitrogens with zero attached hydrogens (tertiary/aromatic N) is 1. The second kappa shape index (κ2) is 8.36. The third-order valence-corrected chi connectivity index (χ3v) is 5.33. The van der Waals surface area contributed by atoms with E-state index in [9.17, 15) is 8.42 Å². The minimum atomic E-state index is -3.46. The number of rotatable bonds is 9. The zero-order valence-electron chi connectivity index (χ0n) is 13.0. The first-order valence-electron chi connectivity index (χ1n) is 7.29. The van der Waals surface area contributed by atoms with E-state index in [4.69, 9.17) is 5.11 Å². The van der Waals surface area contributed by atoms with Gasteiger partial charge in [0.05, 0.1) is 5.69 Å². The van der Waals surface area contributed by atoms with Crippen molar-refractivity contribution in [2.75, 3.05) is 32.6 Å². The van der Waals surface area contributed by atoms with Gasteiger partial charge in [0, 0.05) is 27.2 Å². The van der Waals surface area contributed by atoms with E-state index in [1.54, 1.807) is 18.2 Å². The molecule has 120 valence electrons. The molecule has 6 heteroatoms. The highest BCUT2D eigenvalue weighted by Crippen LogP contribution is 2.24. The average molecular weight is 314 g/mol. The first kappa shape index (κ1) is 17.9. The summed E-state index contributed by atoms with van der Waals surface area (Å²) in [5.74, 6) is 0.343. The predicted octanol–water partition coefficient (Wildman–Crippen LogP) is 2.15. The van der Waals surface area contributed by atoms with Gasteiger partial charge in [-0.05, 0) is 30.9 Å². The fourth-order valence-corrected chi connectivity index (χ4v) is 3.29. The number of aliphatic hydroxyl groups is 1. The molecule has 5 nitrogen and oxygen atoms in total. The Kier molecular flexibility index (Phi) is 7.14. The summed E-state index contributed by atoms with van der Waals surface area (Å²) in [5.41, 5.74) is 0.616. The molecule has 0 fully saturated rings. The summed E-state index contributed by atoms with van der Waals surface area (Å²) in [7, 11) is -0.407. The molecule has 0 heterocycles. The molecule has 21 heavy (non-hydrogen) atoms. The van der Waals surface area contributed by atoms with E-state index in [1.807, 2.05) is 6.07 Å². The highest BCUT2D eigenvalue weighted by atomic mass is 32.2. The van der Waals surface area contributed by atoms with Crippen molar-refractivity contribution in [1.82, 2.24) is 4.31 Å². The molecule has 0 amide bonds. The van der Waals surface area contributed by atoms with Gasteiger partial charge < -0.3 is 10.4 Å². The maximum Gasteiger partial charge on any atom is 0.244 e. The number of hydrogen-bond donors (Lipinski definition) is 2. The summed E-state index contributed by atoms with van der Waals surface area (Å²) in [6, 6.07) is 6.92. The van der Waals surface area contributed by atoms with Crippen LogP contribution in [0.4, 0.5) is 5.69 Å². The lowest BCUT2D eigenvalue weighted by Crippen LogP contribution is -2.24. The molecular weight excluding hydrogens is 288 g/mol. The zero-order chi connectivity index (χ0) is 15.9. The van der Waals surface area contributed by atoms with Crippen LogP contribution in [-0.2, 0) is 10.0 Å². The van der Waals surface area contributed by atoms with Crippen LogP contribution in [0.25, 0.3) is 0 Å². The van der Waals surface area contributed by atoms with Crippen molar-refractivity contribution in [1.29, 1.82) is 0 Å². The number of anilines is 1. The molecule has 0 aromatic heterocycles. The van der Waals surface area contributed by atoms with E-state index in [1.165, 1.54) is 18.4 Å². The quantitative estimate of drug-likeness (QED) is 0.733. The SMILES string of the molecule is CCCC(CCO)CNc1ccccc1S(=O)(=O)N(C)C. The molecule has 0 aliphatic heterocycles. The van der Waals surface area contributed by atoms with Gasteiger partial charge >= 0.3 is 0 Å². The molecule has 1 aromatic carbocycles. The lowest BCUT2D eigenvalue weighted by Gasteiger charge is -2.19. The number of hydrogen-bond acceptors (Lipinski definition) is 4. The third kappa shape index (κ3) is 4.98. The molecule has 1 aromatic rings. The maximum absolute atomic E-state index is 12.3. The number of benzene rings is 1. The van der Waals surface area contributed by atoms with E-state index in [0.717, 1.165) is 19.3 Å². The monoisotopic (exact) mass is 314 g/mol. The Bertz CT molecular complexity index is 523. The van der Waals surface area contributed by atoms with E-state index >= 15 is 0 Å². The van der Waals surface area contributed by atoms with Crippen LogP contribution in [0.5, 0.6) is 0 Å². The van der Waals surface area contributed by atoms with E-state index < -0.39 is 10.0 Å². The van der Waals surface area contributed by atoms with Crippen molar-refractivity contribution in [3.05, 3.63) is 24.3 Å². The molecule has 1 unspecified atom stereocenters. The van der Waals surface area contributed by atoms with Crippen LogP contribution < -0.4 is 5.32 Å². The van der Waals surface area contributed by atoms with Crippen molar-refractivity contribution >= 4 is 15.7 Å². The van der Waals surface area contributed by atoms with Crippen LogP contribution in [-0.4, -0.2) is 45.1 Å². The maximum atomic E-state index is 12.3. The Morgan fingerprint density at radius 1 is 1.24 bits per heavy atom. The standard InChI is InChI=1S/C15H26N2O3S/c1-4-7-13(10-11-18)12-16-14-8-5-6-9-15(14)21(19,20)17(2)3/h5-6,8-9,13,16,18H,4,7,10-12H2,1-3H3. The summed E-state index contributed by atoms with van der Waals surface area (Å²) in [6.07, 6.45) is 2.78. The molecule has 0 radical (unpaired) electrons. The molecule has 2 N–H and O–H groups in total. The predicted molar refractivity (Wildman–Crippen MR) is 85.9 cm³/mol. The van der Waals surface area contributed by atoms with Gasteiger partial charge in [-0.2, -0.15) is 0 Å². The van der Waals surface area contributed by atoms with E-state index in [2.05, 4.69) is 12.2 Å². The normalized spacial score (nSPS) is 13.4. The Labute approximate surface area is 128 Å². The molecule has 0 spiro atoms. The number of para-hydroxylation sites is 1. The lowest BCUT2D eigenvalue weighted by molar-refractivity contribution is 0.255. The fourth-order valence-electron chi connectivity index (χ4n) is 2.23. The molecule has 0 aliphatic rings. The minimum absolute atomic E-state index is 0.157. The first-order chi connectivity index (χ1) is 9.93. The Morgan fingerprint density at radius 3 is 2.48 bits per heavy atom. The Balaban J connectivity index is 2.89. The second-order valence-electron chi connectivity index (χ2n) is 5.33. The van der Waals surface area contributed by atoms with Gasteiger partial charge in [0.25, 0.3) is 0 Å². The van der Waals surface area contributed by atoms with Crippen molar-refractivity contribution in [3.63, 3.8) is 0 Å². The number of sulfonamides is 1. The molecule has 1 rings (SSSR count). The summed E-state index contributed by atoms with van der Waals surface area (Å²) in [4.78, 5) is 0.286. The zero-order valence-corrected chi connectivity index (χ0v) is 13.9. The van der Waals surface area contributed by atoms with Crippen molar-refractivity contribution in [3.8, 4) is 0 Å². The van der Waals surface area contributed by atoms with Crippen LogP contribution in [0, 0.1) is 5.92 Å². The molecular formula is C15H26N2O3S. The highest BCUT2D eigenvalue weighted by Gasteiger charge is 2.21. The average Bonchev–Trinajstić information content (AvgIpc) is 2.45. The Hall–Kier alpha value is -1.11. The minimum Gasteiger partial charge on any atom is -0.396 e. The summed E-state index contributed by atoms with van der Waals surface area (Å²) in [5, 5.41) is 12.3. The van der Waals surface area contributed by atoms with Gasteiger partial charge in [0.2, 0.25) is 10.0 Å². The van der Waals surface area contributed by atoms with Gasteiger partial charge in [-0.1, -0.05) is 25.5 Å². The van der Waals surface area contributed by atoms with Gasteiger partial charge in [-0.15, -0.1) is 0 Å². The Morgan fingerprint density at radius 2 is 1.90 bits per heavy atom. The van der Waals surface area contributed by atoms with Gasteiger partial charge in [0.15, 0.2) is 0 Å².